The Morgan fingerprint density at radius 1 is 1.30 bits per heavy atom. The first kappa shape index (κ1) is 13.7. The quantitative estimate of drug-likeness (QED) is 0.376. The Bertz CT molecular complexity index is 532. The van der Waals surface area contributed by atoms with Gasteiger partial charge < -0.3 is 15.8 Å². The van der Waals surface area contributed by atoms with Gasteiger partial charge in [-0.1, -0.05) is 17.6 Å². The number of nitrogens with zero attached hydrogens (tertiary/aromatic N) is 2. The topological polar surface area (TPSA) is 61.9 Å². The average Bonchev–Trinajstić information content (AvgIpc) is 2.94. The fourth-order valence-corrected chi connectivity index (χ4v) is 4.37. The normalized spacial score (nSPS) is 26.6. The fourth-order valence-electron chi connectivity index (χ4n) is 3.81. The van der Waals surface area contributed by atoms with Gasteiger partial charge in [0.2, 0.25) is 0 Å². The summed E-state index contributed by atoms with van der Waals surface area (Å²) in [5.74, 6) is 0.982. The third kappa shape index (κ3) is 2.28. The van der Waals surface area contributed by atoms with Gasteiger partial charge in [-0.15, -0.1) is 0 Å². The van der Waals surface area contributed by atoms with Crippen molar-refractivity contribution in [1.82, 2.24) is 0 Å². The summed E-state index contributed by atoms with van der Waals surface area (Å²) in [5, 5.41) is 12.2. The zero-order valence-corrected chi connectivity index (χ0v) is 13.0. The van der Waals surface area contributed by atoms with E-state index in [0.717, 1.165) is 28.2 Å². The summed E-state index contributed by atoms with van der Waals surface area (Å²) >= 11 is 3.53. The first-order valence-corrected chi connectivity index (χ1v) is 8.04. The molecule has 4 nitrogen and oxygen atoms in total. The number of amidine groups is 1. The summed E-state index contributed by atoms with van der Waals surface area (Å²) < 4.78 is 0.880. The number of benzene rings is 1. The zero-order valence-electron chi connectivity index (χ0n) is 11.4. The highest BCUT2D eigenvalue weighted by atomic mass is 79.9. The van der Waals surface area contributed by atoms with Crippen molar-refractivity contribution in [3.8, 4) is 0 Å². The highest BCUT2D eigenvalue weighted by Crippen LogP contribution is 2.41. The second-order valence-corrected chi connectivity index (χ2v) is 6.57. The summed E-state index contributed by atoms with van der Waals surface area (Å²) in [7, 11) is 0. The molecular formula is C15H20BrN3O. The van der Waals surface area contributed by atoms with Crippen LogP contribution in [0.1, 0.15) is 37.7 Å². The Morgan fingerprint density at radius 3 is 2.90 bits per heavy atom. The molecule has 1 aromatic carbocycles. The molecule has 2 aliphatic rings. The van der Waals surface area contributed by atoms with E-state index >= 15 is 0 Å². The first-order chi connectivity index (χ1) is 9.72. The Balaban J connectivity index is 2.03. The van der Waals surface area contributed by atoms with Crippen molar-refractivity contribution in [3.63, 3.8) is 0 Å². The maximum atomic E-state index is 9.05. The molecule has 3 N–H and O–H groups in total. The van der Waals surface area contributed by atoms with Crippen molar-refractivity contribution in [2.75, 3.05) is 11.4 Å². The van der Waals surface area contributed by atoms with Crippen LogP contribution in [0.2, 0.25) is 0 Å². The van der Waals surface area contributed by atoms with Crippen molar-refractivity contribution in [2.24, 2.45) is 16.8 Å². The van der Waals surface area contributed by atoms with Gasteiger partial charge in [0.15, 0.2) is 5.84 Å². The number of piperidine rings is 1. The van der Waals surface area contributed by atoms with Crippen LogP contribution in [-0.2, 0) is 0 Å². The van der Waals surface area contributed by atoms with Gasteiger partial charge in [-0.3, -0.25) is 0 Å². The van der Waals surface area contributed by atoms with Crippen molar-refractivity contribution < 1.29 is 5.21 Å². The minimum Gasteiger partial charge on any atom is -0.409 e. The molecule has 0 aromatic heterocycles. The average molecular weight is 338 g/mol. The Hall–Kier alpha value is -1.23. The monoisotopic (exact) mass is 337 g/mol. The standard InChI is InChI=1S/C15H20BrN3O/c16-11-6-2-8-13(14(11)15(17)18-20)19-9-3-5-10-4-1-7-12(10)19/h2,6,8,10,12,20H,1,3-5,7,9H2,(H2,17,18). The van der Waals surface area contributed by atoms with Crippen molar-refractivity contribution >= 4 is 27.5 Å². The Kier molecular flexibility index (Phi) is 3.87. The van der Waals surface area contributed by atoms with E-state index in [9.17, 15) is 0 Å². The van der Waals surface area contributed by atoms with Crippen molar-refractivity contribution in [1.29, 1.82) is 0 Å². The minimum absolute atomic E-state index is 0.174. The van der Waals surface area contributed by atoms with Gasteiger partial charge >= 0.3 is 0 Å². The lowest BCUT2D eigenvalue weighted by Crippen LogP contribution is -2.43. The maximum absolute atomic E-state index is 9.05. The molecule has 1 heterocycles. The summed E-state index contributed by atoms with van der Waals surface area (Å²) in [6.07, 6.45) is 6.48. The van der Waals surface area contributed by atoms with Gasteiger partial charge in [-0.2, -0.15) is 0 Å². The number of hydrogen-bond donors (Lipinski definition) is 2. The highest BCUT2D eigenvalue weighted by molar-refractivity contribution is 9.10. The lowest BCUT2D eigenvalue weighted by atomic mass is 9.91. The molecule has 20 heavy (non-hydrogen) atoms. The molecule has 0 amide bonds. The summed E-state index contributed by atoms with van der Waals surface area (Å²) in [5.41, 5.74) is 7.78. The summed E-state index contributed by atoms with van der Waals surface area (Å²) in [6, 6.07) is 6.65. The largest absolute Gasteiger partial charge is 0.409 e. The molecule has 1 aliphatic heterocycles. The van der Waals surface area contributed by atoms with Gasteiger partial charge in [0.25, 0.3) is 0 Å². The predicted octanol–water partition coefficient (Wildman–Crippen LogP) is 3.31. The smallest absolute Gasteiger partial charge is 0.173 e. The fraction of sp³-hybridized carbons (Fsp3) is 0.533. The molecule has 0 radical (unpaired) electrons. The molecule has 1 aliphatic carbocycles. The molecule has 1 saturated carbocycles. The van der Waals surface area contributed by atoms with Crippen molar-refractivity contribution in [3.05, 3.63) is 28.2 Å². The highest BCUT2D eigenvalue weighted by Gasteiger charge is 2.36. The lowest BCUT2D eigenvalue weighted by Gasteiger charge is -2.40. The van der Waals surface area contributed by atoms with Crippen LogP contribution in [0.25, 0.3) is 0 Å². The molecule has 1 aromatic rings. The second-order valence-electron chi connectivity index (χ2n) is 5.71. The third-order valence-corrected chi connectivity index (χ3v) is 5.32. The van der Waals surface area contributed by atoms with Gasteiger partial charge in [0, 0.05) is 22.7 Å². The molecule has 2 atom stereocenters. The summed E-state index contributed by atoms with van der Waals surface area (Å²) in [6.45, 7) is 1.06. The predicted molar refractivity (Wildman–Crippen MR) is 84.4 cm³/mol. The number of oxime groups is 1. The van der Waals surface area contributed by atoms with Crippen LogP contribution in [0.5, 0.6) is 0 Å². The Morgan fingerprint density at radius 2 is 2.10 bits per heavy atom. The molecule has 5 heteroatoms. The number of rotatable bonds is 2. The van der Waals surface area contributed by atoms with Crippen LogP contribution >= 0.6 is 15.9 Å². The molecule has 0 spiro atoms. The molecule has 1 saturated heterocycles. The number of hydrogen-bond acceptors (Lipinski definition) is 3. The lowest BCUT2D eigenvalue weighted by molar-refractivity contribution is 0.318. The van der Waals surface area contributed by atoms with Crippen LogP contribution in [0, 0.1) is 5.92 Å². The number of nitrogens with two attached hydrogens (primary N) is 1. The molecule has 0 bridgehead atoms. The SMILES string of the molecule is N/C(=N/O)c1c(Br)cccc1N1CCCC2CCCC21. The summed E-state index contributed by atoms with van der Waals surface area (Å²) in [4.78, 5) is 2.47. The van der Waals surface area contributed by atoms with E-state index in [2.05, 4.69) is 32.1 Å². The zero-order chi connectivity index (χ0) is 14.1. The van der Waals surface area contributed by atoms with Crippen molar-refractivity contribution in [2.45, 2.75) is 38.1 Å². The van der Waals surface area contributed by atoms with Gasteiger partial charge in [0.1, 0.15) is 0 Å². The molecule has 108 valence electrons. The molecule has 2 unspecified atom stereocenters. The number of halogens is 1. The van der Waals surface area contributed by atoms with E-state index in [-0.39, 0.29) is 5.84 Å². The van der Waals surface area contributed by atoms with Crippen LogP contribution < -0.4 is 10.6 Å². The van der Waals surface area contributed by atoms with E-state index in [1.165, 1.54) is 32.1 Å². The molecule has 2 fully saturated rings. The maximum Gasteiger partial charge on any atom is 0.173 e. The molecule has 3 rings (SSSR count). The third-order valence-electron chi connectivity index (χ3n) is 4.66. The van der Waals surface area contributed by atoms with E-state index in [1.807, 2.05) is 12.1 Å². The van der Waals surface area contributed by atoms with E-state index in [4.69, 9.17) is 10.9 Å². The first-order valence-electron chi connectivity index (χ1n) is 7.25. The van der Waals surface area contributed by atoms with Crippen LogP contribution in [0.4, 0.5) is 5.69 Å². The van der Waals surface area contributed by atoms with Gasteiger partial charge in [-0.25, -0.2) is 0 Å². The van der Waals surface area contributed by atoms with Crippen LogP contribution in [0.15, 0.2) is 27.8 Å². The number of anilines is 1. The van der Waals surface area contributed by atoms with Crippen LogP contribution in [-0.4, -0.2) is 23.6 Å². The second kappa shape index (κ2) is 5.64. The van der Waals surface area contributed by atoms with Gasteiger partial charge in [0.05, 0.1) is 5.56 Å². The van der Waals surface area contributed by atoms with E-state index in [1.54, 1.807) is 0 Å². The number of fused-ring (bicyclic) bond motifs is 1. The van der Waals surface area contributed by atoms with Gasteiger partial charge in [-0.05, 0) is 59.7 Å². The molecular weight excluding hydrogens is 318 g/mol. The van der Waals surface area contributed by atoms with E-state index in [0.29, 0.717) is 6.04 Å². The Labute approximate surface area is 127 Å². The minimum atomic E-state index is 0.174. The van der Waals surface area contributed by atoms with Crippen LogP contribution in [0.3, 0.4) is 0 Å². The van der Waals surface area contributed by atoms with E-state index < -0.39 is 0 Å².